The van der Waals surface area contributed by atoms with E-state index in [-0.39, 0.29) is 60.8 Å². The quantitative estimate of drug-likeness (QED) is 0.380. The Morgan fingerprint density at radius 2 is 1.88 bits per heavy atom. The van der Waals surface area contributed by atoms with E-state index < -0.39 is 29.0 Å². The third-order valence-electron chi connectivity index (χ3n) is 7.15. The van der Waals surface area contributed by atoms with Crippen LogP contribution < -0.4 is 15.5 Å². The summed E-state index contributed by atoms with van der Waals surface area (Å²) in [5.41, 5.74) is 0.477. The molecule has 2 heterocycles. The lowest BCUT2D eigenvalue weighted by Crippen LogP contribution is -2.49. The van der Waals surface area contributed by atoms with E-state index in [0.717, 1.165) is 11.6 Å². The van der Waals surface area contributed by atoms with Gasteiger partial charge in [-0.1, -0.05) is 36.4 Å². The summed E-state index contributed by atoms with van der Waals surface area (Å²) >= 11 is 0. The molecule has 1 unspecified atom stereocenters. The lowest BCUT2D eigenvalue weighted by molar-refractivity contribution is -0.137. The van der Waals surface area contributed by atoms with Crippen LogP contribution in [0.3, 0.4) is 0 Å². The normalized spacial score (nSPS) is 14.6. The van der Waals surface area contributed by atoms with Gasteiger partial charge in [-0.15, -0.1) is 0 Å². The smallest absolute Gasteiger partial charge is 0.257 e. The molecule has 0 aliphatic carbocycles. The Morgan fingerprint density at radius 1 is 1.17 bits per heavy atom. The molecule has 0 spiro atoms. The highest BCUT2D eigenvalue weighted by Gasteiger charge is 2.38. The molecule has 0 saturated heterocycles. The second kappa shape index (κ2) is 12.3. The third kappa shape index (κ3) is 6.13. The molecule has 41 heavy (non-hydrogen) atoms. The van der Waals surface area contributed by atoms with Crippen LogP contribution in [0, 0.1) is 18.6 Å². The number of rotatable bonds is 10. The van der Waals surface area contributed by atoms with Gasteiger partial charge in [-0.2, -0.15) is 0 Å². The zero-order valence-corrected chi connectivity index (χ0v) is 23.3. The van der Waals surface area contributed by atoms with Crippen LogP contribution in [-0.4, -0.2) is 52.2 Å². The Balaban J connectivity index is 1.82. The summed E-state index contributed by atoms with van der Waals surface area (Å²) in [5, 5.41) is 2.56. The van der Waals surface area contributed by atoms with E-state index in [1.165, 1.54) is 15.9 Å². The van der Waals surface area contributed by atoms with E-state index in [1.54, 1.807) is 18.5 Å². The maximum Gasteiger partial charge on any atom is 0.257 e. The maximum absolute atomic E-state index is 14.2. The second-order valence-electron chi connectivity index (χ2n) is 10.2. The molecule has 3 amide bonds. The van der Waals surface area contributed by atoms with Crippen molar-refractivity contribution < 1.29 is 27.9 Å². The fourth-order valence-electron chi connectivity index (χ4n) is 4.88. The first-order valence-electron chi connectivity index (χ1n) is 13.2. The van der Waals surface area contributed by atoms with Gasteiger partial charge in [0, 0.05) is 31.3 Å². The molecule has 0 radical (unpaired) electrons. The zero-order valence-electron chi connectivity index (χ0n) is 23.3. The van der Waals surface area contributed by atoms with Crippen molar-refractivity contribution in [3.8, 4) is 5.75 Å². The highest BCUT2D eigenvalue weighted by molar-refractivity contribution is 5.96. The first kappa shape index (κ1) is 29.4. The van der Waals surface area contributed by atoms with Crippen LogP contribution in [0.2, 0.25) is 0 Å². The Bertz CT molecular complexity index is 1520. The van der Waals surface area contributed by atoms with Crippen molar-refractivity contribution in [3.63, 3.8) is 0 Å². The Morgan fingerprint density at radius 3 is 2.51 bits per heavy atom. The number of fused-ring (bicyclic) bond motifs is 1. The average Bonchev–Trinajstić information content (AvgIpc) is 2.93. The van der Waals surface area contributed by atoms with Gasteiger partial charge >= 0.3 is 0 Å². The van der Waals surface area contributed by atoms with Gasteiger partial charge in [0.05, 0.1) is 24.5 Å². The molecule has 1 N–H and O–H groups in total. The summed E-state index contributed by atoms with van der Waals surface area (Å²) < 4.78 is 35.2. The molecule has 0 fully saturated rings. The number of likely N-dealkylation sites (N-methyl/N-ethyl adjacent to an activating group) is 1. The standard InChI is InChI=1S/C30H32F2N4O5/c1-18(2)35(17-37)15-25-30(40)34(4)14-24-26(29(39)33-13-21-10-11-22(31)12-23(21)32)27(38)28(19(3)36(24)25)41-16-20-8-6-5-7-9-20/h5-12,17-18,25H,13-16H2,1-4H3,(H,33,39). The van der Waals surface area contributed by atoms with Gasteiger partial charge in [0.25, 0.3) is 5.91 Å². The topological polar surface area (TPSA) is 101 Å². The van der Waals surface area contributed by atoms with Gasteiger partial charge in [-0.3, -0.25) is 19.2 Å². The van der Waals surface area contributed by atoms with Crippen molar-refractivity contribution >= 4 is 18.2 Å². The minimum absolute atomic E-state index is 0.00102. The summed E-state index contributed by atoms with van der Waals surface area (Å²) in [5.74, 6) is -2.81. The van der Waals surface area contributed by atoms with E-state index in [9.17, 15) is 28.0 Å². The van der Waals surface area contributed by atoms with Gasteiger partial charge in [0.2, 0.25) is 17.7 Å². The van der Waals surface area contributed by atoms with Crippen LogP contribution >= 0.6 is 0 Å². The molecule has 1 aromatic heterocycles. The Kier molecular flexibility index (Phi) is 8.85. The summed E-state index contributed by atoms with van der Waals surface area (Å²) in [6.07, 6.45) is 0.655. The molecule has 3 aromatic rings. The van der Waals surface area contributed by atoms with Crippen LogP contribution in [0.15, 0.2) is 53.3 Å². The number of hydrogen-bond donors (Lipinski definition) is 1. The molecule has 1 aliphatic rings. The van der Waals surface area contributed by atoms with Crippen molar-refractivity contribution in [3.05, 3.63) is 98.5 Å². The van der Waals surface area contributed by atoms with Gasteiger partial charge in [0.1, 0.15) is 29.8 Å². The van der Waals surface area contributed by atoms with Crippen molar-refractivity contribution in [2.75, 3.05) is 13.6 Å². The number of halogens is 2. The molecule has 9 nitrogen and oxygen atoms in total. The second-order valence-corrected chi connectivity index (χ2v) is 10.2. The van der Waals surface area contributed by atoms with E-state index in [0.29, 0.717) is 18.2 Å². The summed E-state index contributed by atoms with van der Waals surface area (Å²) in [7, 11) is 1.55. The summed E-state index contributed by atoms with van der Waals surface area (Å²) in [6, 6.07) is 11.0. The fourth-order valence-corrected chi connectivity index (χ4v) is 4.88. The number of nitrogens with one attached hydrogen (secondary N) is 1. The van der Waals surface area contributed by atoms with Crippen LogP contribution in [-0.2, 0) is 29.3 Å². The number of carbonyl (C=O) groups is 3. The highest BCUT2D eigenvalue weighted by Crippen LogP contribution is 2.30. The molecular weight excluding hydrogens is 534 g/mol. The first-order valence-corrected chi connectivity index (χ1v) is 13.2. The Labute approximate surface area is 236 Å². The van der Waals surface area contributed by atoms with Crippen LogP contribution in [0.4, 0.5) is 8.78 Å². The van der Waals surface area contributed by atoms with E-state index >= 15 is 0 Å². The SMILES string of the molecule is Cc1c(OCc2ccccc2)c(=O)c(C(=O)NCc2ccc(F)cc2F)c2n1C(CN(C=O)C(C)C)C(=O)N(C)C2. The number of pyridine rings is 1. The highest BCUT2D eigenvalue weighted by atomic mass is 19.1. The minimum Gasteiger partial charge on any atom is -0.483 e. The average molecular weight is 567 g/mol. The van der Waals surface area contributed by atoms with Crippen molar-refractivity contribution in [1.29, 1.82) is 0 Å². The molecule has 0 saturated carbocycles. The zero-order chi connectivity index (χ0) is 29.8. The van der Waals surface area contributed by atoms with Gasteiger partial charge < -0.3 is 24.4 Å². The van der Waals surface area contributed by atoms with E-state index in [1.807, 2.05) is 44.2 Å². The third-order valence-corrected chi connectivity index (χ3v) is 7.15. The lowest BCUT2D eigenvalue weighted by atomic mass is 10.0. The number of carbonyl (C=O) groups excluding carboxylic acids is 3. The monoisotopic (exact) mass is 566 g/mol. The summed E-state index contributed by atoms with van der Waals surface area (Å²) in [6.45, 7) is 4.93. The number of ether oxygens (including phenoxy) is 1. The van der Waals surface area contributed by atoms with E-state index in [2.05, 4.69) is 5.32 Å². The van der Waals surface area contributed by atoms with Crippen molar-refractivity contribution in [2.45, 2.75) is 52.6 Å². The molecule has 11 heteroatoms. The minimum atomic E-state index is -0.933. The predicted molar refractivity (Wildman–Crippen MR) is 147 cm³/mol. The predicted octanol–water partition coefficient (Wildman–Crippen LogP) is 3.32. The lowest BCUT2D eigenvalue weighted by Gasteiger charge is -2.38. The van der Waals surface area contributed by atoms with E-state index in [4.69, 9.17) is 4.74 Å². The molecule has 216 valence electrons. The van der Waals surface area contributed by atoms with Gasteiger partial charge in [-0.05, 0) is 32.4 Å². The number of nitrogens with zero attached hydrogens (tertiary/aromatic N) is 3. The molecule has 1 atom stereocenters. The van der Waals surface area contributed by atoms with Crippen LogP contribution in [0.5, 0.6) is 5.75 Å². The van der Waals surface area contributed by atoms with Gasteiger partial charge in [0.15, 0.2) is 5.75 Å². The number of hydrogen-bond acceptors (Lipinski definition) is 5. The maximum atomic E-state index is 14.2. The fraction of sp³-hybridized carbons (Fsp3) is 0.333. The summed E-state index contributed by atoms with van der Waals surface area (Å²) in [4.78, 5) is 55.5. The number of aromatic nitrogens is 1. The van der Waals surface area contributed by atoms with Gasteiger partial charge in [-0.25, -0.2) is 8.78 Å². The van der Waals surface area contributed by atoms with Crippen LogP contribution in [0.25, 0.3) is 0 Å². The Hall–Kier alpha value is -4.54. The number of benzene rings is 2. The van der Waals surface area contributed by atoms with Crippen molar-refractivity contribution in [2.24, 2.45) is 0 Å². The van der Waals surface area contributed by atoms with Crippen molar-refractivity contribution in [1.82, 2.24) is 19.7 Å². The molecular formula is C30H32F2N4O5. The molecule has 1 aliphatic heterocycles. The molecule has 2 aromatic carbocycles. The largest absolute Gasteiger partial charge is 0.483 e. The molecule has 0 bridgehead atoms. The first-order chi connectivity index (χ1) is 19.5. The number of amides is 3. The molecule has 4 rings (SSSR count). The van der Waals surface area contributed by atoms with Crippen LogP contribution in [0.1, 0.15) is 52.8 Å².